The fourth-order valence-corrected chi connectivity index (χ4v) is 1.28. The Hall–Kier alpha value is -0.860. The molecule has 56 valence electrons. The molecule has 0 saturated carbocycles. The van der Waals surface area contributed by atoms with Crippen LogP contribution in [0.1, 0.15) is 20.3 Å². The summed E-state index contributed by atoms with van der Waals surface area (Å²) in [5.41, 5.74) is 0. The van der Waals surface area contributed by atoms with Crippen molar-refractivity contribution >= 4 is 11.8 Å². The van der Waals surface area contributed by atoms with E-state index in [1.165, 1.54) is 0 Å². The zero-order valence-corrected chi connectivity index (χ0v) is 6.18. The van der Waals surface area contributed by atoms with Crippen LogP contribution in [0, 0.1) is 11.8 Å². The third-order valence-electron chi connectivity index (χ3n) is 2.04. The van der Waals surface area contributed by atoms with Gasteiger partial charge in [-0.25, -0.2) is 0 Å². The van der Waals surface area contributed by atoms with Crippen molar-refractivity contribution in [1.82, 2.24) is 5.32 Å². The van der Waals surface area contributed by atoms with Crippen molar-refractivity contribution < 1.29 is 9.59 Å². The topological polar surface area (TPSA) is 46.2 Å². The van der Waals surface area contributed by atoms with Gasteiger partial charge in [0.2, 0.25) is 11.8 Å². The largest absolute Gasteiger partial charge is 0.296 e. The van der Waals surface area contributed by atoms with E-state index in [0.29, 0.717) is 0 Å². The number of rotatable bonds is 1. The SMILES string of the molecule is CC[C@H]1C(=O)NC(=O)[C@H]1C. The Labute approximate surface area is 59.8 Å². The van der Waals surface area contributed by atoms with Gasteiger partial charge >= 0.3 is 0 Å². The van der Waals surface area contributed by atoms with Crippen molar-refractivity contribution in [2.45, 2.75) is 20.3 Å². The lowest BCUT2D eigenvalue weighted by Crippen LogP contribution is -2.21. The van der Waals surface area contributed by atoms with Gasteiger partial charge < -0.3 is 0 Å². The maximum atomic E-state index is 10.9. The average Bonchev–Trinajstić information content (AvgIpc) is 2.09. The molecule has 0 bridgehead atoms. The first-order valence-corrected chi connectivity index (χ1v) is 3.51. The fraction of sp³-hybridized carbons (Fsp3) is 0.714. The van der Waals surface area contributed by atoms with Crippen LogP contribution in [0.2, 0.25) is 0 Å². The zero-order valence-electron chi connectivity index (χ0n) is 6.18. The molecule has 1 fully saturated rings. The van der Waals surface area contributed by atoms with Crippen molar-refractivity contribution in [1.29, 1.82) is 0 Å². The van der Waals surface area contributed by atoms with Crippen LogP contribution in [0.3, 0.4) is 0 Å². The van der Waals surface area contributed by atoms with E-state index in [2.05, 4.69) is 5.32 Å². The van der Waals surface area contributed by atoms with E-state index in [9.17, 15) is 9.59 Å². The standard InChI is InChI=1S/C7H11NO2/c1-3-5-4(2)6(9)8-7(5)10/h4-5H,3H2,1-2H3,(H,8,9,10)/t4-,5+/m0/s1. The van der Waals surface area contributed by atoms with Crippen molar-refractivity contribution in [3.05, 3.63) is 0 Å². The summed E-state index contributed by atoms with van der Waals surface area (Å²) in [5.74, 6) is -0.457. The molecule has 1 heterocycles. The Kier molecular flexibility index (Phi) is 1.74. The smallest absolute Gasteiger partial charge is 0.230 e. The minimum atomic E-state index is -0.128. The molecule has 0 radical (unpaired) electrons. The summed E-state index contributed by atoms with van der Waals surface area (Å²) in [6.07, 6.45) is 0.749. The highest BCUT2D eigenvalue weighted by molar-refractivity contribution is 6.04. The molecule has 2 atom stereocenters. The highest BCUT2D eigenvalue weighted by atomic mass is 16.2. The van der Waals surface area contributed by atoms with Crippen LogP contribution in [-0.2, 0) is 9.59 Å². The third kappa shape index (κ3) is 0.916. The number of carbonyl (C=O) groups is 2. The quantitative estimate of drug-likeness (QED) is 0.534. The molecule has 0 aromatic heterocycles. The van der Waals surface area contributed by atoms with Gasteiger partial charge in [0, 0.05) is 11.8 Å². The van der Waals surface area contributed by atoms with Gasteiger partial charge in [0.25, 0.3) is 0 Å². The molecule has 1 aliphatic heterocycles. The van der Waals surface area contributed by atoms with Crippen LogP contribution in [0.4, 0.5) is 0 Å². The zero-order chi connectivity index (χ0) is 7.72. The minimum absolute atomic E-state index is 0.0903. The molecule has 1 rings (SSSR count). The second kappa shape index (κ2) is 2.40. The van der Waals surface area contributed by atoms with E-state index >= 15 is 0 Å². The van der Waals surface area contributed by atoms with Crippen LogP contribution in [0.25, 0.3) is 0 Å². The lowest BCUT2D eigenvalue weighted by Gasteiger charge is -2.04. The highest BCUT2D eigenvalue weighted by Crippen LogP contribution is 2.20. The molecule has 2 amide bonds. The van der Waals surface area contributed by atoms with Gasteiger partial charge in [0.15, 0.2) is 0 Å². The summed E-state index contributed by atoms with van der Waals surface area (Å²) in [6, 6.07) is 0. The number of nitrogens with one attached hydrogen (secondary N) is 1. The van der Waals surface area contributed by atoms with Gasteiger partial charge in [0.05, 0.1) is 0 Å². The lowest BCUT2D eigenvalue weighted by molar-refractivity contribution is -0.126. The van der Waals surface area contributed by atoms with Gasteiger partial charge in [-0.3, -0.25) is 14.9 Å². The Morgan fingerprint density at radius 3 is 2.20 bits per heavy atom. The molecule has 3 heteroatoms. The van der Waals surface area contributed by atoms with Crippen molar-refractivity contribution in [2.24, 2.45) is 11.8 Å². The fourth-order valence-electron chi connectivity index (χ4n) is 1.28. The van der Waals surface area contributed by atoms with E-state index in [0.717, 1.165) is 6.42 Å². The molecule has 1 saturated heterocycles. The van der Waals surface area contributed by atoms with Crippen molar-refractivity contribution in [3.8, 4) is 0 Å². The molecule has 0 unspecified atom stereocenters. The van der Waals surface area contributed by atoms with Gasteiger partial charge in [-0.2, -0.15) is 0 Å². The Bertz CT molecular complexity index is 176. The van der Waals surface area contributed by atoms with E-state index in [-0.39, 0.29) is 23.7 Å². The molecule has 10 heavy (non-hydrogen) atoms. The summed E-state index contributed by atoms with van der Waals surface area (Å²) in [7, 11) is 0. The first-order valence-electron chi connectivity index (χ1n) is 3.51. The van der Waals surface area contributed by atoms with Crippen LogP contribution in [0.15, 0.2) is 0 Å². The average molecular weight is 141 g/mol. The maximum absolute atomic E-state index is 10.9. The summed E-state index contributed by atoms with van der Waals surface area (Å²) in [5, 5.41) is 2.29. The highest BCUT2D eigenvalue weighted by Gasteiger charge is 2.36. The van der Waals surface area contributed by atoms with E-state index < -0.39 is 0 Å². The minimum Gasteiger partial charge on any atom is -0.296 e. The molecular weight excluding hydrogens is 130 g/mol. The van der Waals surface area contributed by atoms with Crippen molar-refractivity contribution in [3.63, 3.8) is 0 Å². The molecule has 0 aromatic rings. The second-order valence-corrected chi connectivity index (χ2v) is 2.66. The van der Waals surface area contributed by atoms with Gasteiger partial charge in [-0.1, -0.05) is 13.8 Å². The number of carbonyl (C=O) groups excluding carboxylic acids is 2. The van der Waals surface area contributed by atoms with E-state index in [4.69, 9.17) is 0 Å². The van der Waals surface area contributed by atoms with E-state index in [1.807, 2.05) is 6.92 Å². The predicted molar refractivity (Wildman–Crippen MR) is 36.1 cm³/mol. The number of amides is 2. The maximum Gasteiger partial charge on any atom is 0.230 e. The summed E-state index contributed by atoms with van der Waals surface area (Å²) < 4.78 is 0. The third-order valence-corrected chi connectivity index (χ3v) is 2.04. The molecule has 1 N–H and O–H groups in total. The lowest BCUT2D eigenvalue weighted by atomic mass is 9.95. The van der Waals surface area contributed by atoms with Gasteiger partial charge in [-0.15, -0.1) is 0 Å². The first-order chi connectivity index (χ1) is 4.66. The number of hydrogen-bond donors (Lipinski definition) is 1. The second-order valence-electron chi connectivity index (χ2n) is 2.66. The summed E-state index contributed by atoms with van der Waals surface area (Å²) in [6.45, 7) is 3.70. The molecule has 1 aliphatic rings. The molecule has 3 nitrogen and oxygen atoms in total. The number of imide groups is 1. The first kappa shape index (κ1) is 7.25. The molecule has 0 aliphatic carbocycles. The molecule has 0 aromatic carbocycles. The Balaban J connectivity index is 2.73. The van der Waals surface area contributed by atoms with Gasteiger partial charge in [-0.05, 0) is 6.42 Å². The normalized spacial score (nSPS) is 32.6. The van der Waals surface area contributed by atoms with E-state index in [1.54, 1.807) is 6.92 Å². The molecule has 0 spiro atoms. The Morgan fingerprint density at radius 1 is 1.40 bits per heavy atom. The van der Waals surface area contributed by atoms with Gasteiger partial charge in [0.1, 0.15) is 0 Å². The van der Waals surface area contributed by atoms with Crippen LogP contribution in [0.5, 0.6) is 0 Å². The van der Waals surface area contributed by atoms with Crippen molar-refractivity contribution in [2.75, 3.05) is 0 Å². The van der Waals surface area contributed by atoms with Crippen LogP contribution in [-0.4, -0.2) is 11.8 Å². The molecular formula is C7H11NO2. The number of hydrogen-bond acceptors (Lipinski definition) is 2. The summed E-state index contributed by atoms with van der Waals surface area (Å²) in [4.78, 5) is 21.7. The Morgan fingerprint density at radius 2 is 2.00 bits per heavy atom. The van der Waals surface area contributed by atoms with Crippen LogP contribution < -0.4 is 5.32 Å². The monoisotopic (exact) mass is 141 g/mol. The van der Waals surface area contributed by atoms with Crippen LogP contribution >= 0.6 is 0 Å². The predicted octanol–water partition coefficient (Wildman–Crippen LogP) is 0.305. The summed E-state index contributed by atoms with van der Waals surface area (Å²) >= 11 is 0.